The maximum atomic E-state index is 10.6. The number of hydrogen-bond donors (Lipinski definition) is 2. The Balaban J connectivity index is 1.43. The number of anilines is 2. The molecule has 0 bridgehead atoms. The SMILES string of the molecule is Nc1ccc2c(c1)CC(O)C(N1CCN(c3ccccc3)CC1)C2. The number of fused-ring (bicyclic) bond motifs is 1. The molecule has 2 aromatic rings. The first-order valence-electron chi connectivity index (χ1n) is 8.80. The van der Waals surface area contributed by atoms with E-state index in [9.17, 15) is 5.11 Å². The highest BCUT2D eigenvalue weighted by atomic mass is 16.3. The number of para-hydroxylation sites is 1. The van der Waals surface area contributed by atoms with Gasteiger partial charge in [0.25, 0.3) is 0 Å². The van der Waals surface area contributed by atoms with Crippen LogP contribution in [0.3, 0.4) is 0 Å². The molecule has 0 amide bonds. The Morgan fingerprint density at radius 2 is 1.62 bits per heavy atom. The van der Waals surface area contributed by atoms with Gasteiger partial charge in [-0.1, -0.05) is 24.3 Å². The summed E-state index contributed by atoms with van der Waals surface area (Å²) in [6, 6.07) is 16.9. The standard InChI is InChI=1S/C20H25N3O/c21-17-7-6-15-13-19(20(24)14-16(15)12-17)23-10-8-22(9-11-23)18-4-2-1-3-5-18/h1-7,12,19-20,24H,8-11,13-14,21H2. The Bertz CT molecular complexity index is 695. The molecule has 0 radical (unpaired) electrons. The fourth-order valence-corrected chi connectivity index (χ4v) is 4.08. The number of aliphatic hydroxyl groups is 1. The van der Waals surface area contributed by atoms with Crippen LogP contribution in [0.5, 0.6) is 0 Å². The molecular weight excluding hydrogens is 298 g/mol. The predicted octanol–water partition coefficient (Wildman–Crippen LogP) is 1.92. The molecule has 2 aromatic carbocycles. The van der Waals surface area contributed by atoms with Gasteiger partial charge in [0.15, 0.2) is 0 Å². The lowest BCUT2D eigenvalue weighted by Crippen LogP contribution is -2.56. The zero-order valence-corrected chi connectivity index (χ0v) is 13.9. The summed E-state index contributed by atoms with van der Waals surface area (Å²) in [5.74, 6) is 0. The normalized spacial score (nSPS) is 24.6. The molecule has 24 heavy (non-hydrogen) atoms. The molecule has 1 fully saturated rings. The molecule has 0 saturated carbocycles. The van der Waals surface area contributed by atoms with Crippen molar-refractivity contribution in [3.63, 3.8) is 0 Å². The van der Waals surface area contributed by atoms with Gasteiger partial charge in [-0.3, -0.25) is 4.90 Å². The molecule has 126 valence electrons. The van der Waals surface area contributed by atoms with Gasteiger partial charge >= 0.3 is 0 Å². The molecule has 2 atom stereocenters. The maximum Gasteiger partial charge on any atom is 0.0739 e. The second-order valence-corrected chi connectivity index (χ2v) is 6.93. The van der Waals surface area contributed by atoms with Gasteiger partial charge in [0, 0.05) is 50.0 Å². The van der Waals surface area contributed by atoms with E-state index < -0.39 is 0 Å². The van der Waals surface area contributed by atoms with Crippen molar-refractivity contribution < 1.29 is 5.11 Å². The van der Waals surface area contributed by atoms with E-state index in [1.54, 1.807) is 0 Å². The highest BCUT2D eigenvalue weighted by Gasteiger charge is 2.33. The monoisotopic (exact) mass is 323 g/mol. The number of nitrogen functional groups attached to an aromatic ring is 1. The highest BCUT2D eigenvalue weighted by Crippen LogP contribution is 2.28. The van der Waals surface area contributed by atoms with Gasteiger partial charge in [-0.05, 0) is 41.8 Å². The van der Waals surface area contributed by atoms with E-state index in [-0.39, 0.29) is 12.1 Å². The minimum absolute atomic E-state index is 0.221. The summed E-state index contributed by atoms with van der Waals surface area (Å²) in [7, 11) is 0. The number of nitrogens with two attached hydrogens (primary N) is 1. The Hall–Kier alpha value is -2.04. The average Bonchev–Trinajstić information content (AvgIpc) is 2.62. The van der Waals surface area contributed by atoms with Crippen molar-refractivity contribution >= 4 is 11.4 Å². The van der Waals surface area contributed by atoms with E-state index in [2.05, 4.69) is 46.2 Å². The Labute approximate surface area is 143 Å². The molecule has 0 spiro atoms. The van der Waals surface area contributed by atoms with Crippen LogP contribution in [-0.4, -0.2) is 48.3 Å². The summed E-state index contributed by atoms with van der Waals surface area (Å²) in [6.45, 7) is 4.03. The molecular formula is C20H25N3O. The number of hydrogen-bond acceptors (Lipinski definition) is 4. The van der Waals surface area contributed by atoms with Crippen molar-refractivity contribution in [1.29, 1.82) is 0 Å². The first kappa shape index (κ1) is 15.5. The van der Waals surface area contributed by atoms with Crippen molar-refractivity contribution in [2.24, 2.45) is 0 Å². The van der Waals surface area contributed by atoms with Crippen molar-refractivity contribution in [3.05, 3.63) is 59.7 Å². The summed E-state index contributed by atoms with van der Waals surface area (Å²) >= 11 is 0. The third kappa shape index (κ3) is 2.99. The third-order valence-corrected chi connectivity index (χ3v) is 5.44. The summed E-state index contributed by atoms with van der Waals surface area (Å²) in [5.41, 5.74) is 10.5. The van der Waals surface area contributed by atoms with E-state index in [1.165, 1.54) is 16.8 Å². The molecule has 2 unspecified atom stereocenters. The molecule has 0 aromatic heterocycles. The molecule has 3 N–H and O–H groups in total. The van der Waals surface area contributed by atoms with Crippen LogP contribution in [0, 0.1) is 0 Å². The van der Waals surface area contributed by atoms with Crippen LogP contribution in [0.2, 0.25) is 0 Å². The van der Waals surface area contributed by atoms with Gasteiger partial charge < -0.3 is 15.7 Å². The topological polar surface area (TPSA) is 52.7 Å². The summed E-state index contributed by atoms with van der Waals surface area (Å²) in [5, 5.41) is 10.6. The number of benzene rings is 2. The van der Waals surface area contributed by atoms with Crippen molar-refractivity contribution in [1.82, 2.24) is 4.90 Å². The lowest BCUT2D eigenvalue weighted by Gasteiger charge is -2.43. The van der Waals surface area contributed by atoms with E-state index in [1.807, 2.05) is 12.1 Å². The zero-order valence-electron chi connectivity index (χ0n) is 13.9. The lowest BCUT2D eigenvalue weighted by atomic mass is 9.85. The quantitative estimate of drug-likeness (QED) is 0.829. The van der Waals surface area contributed by atoms with Crippen LogP contribution in [0.15, 0.2) is 48.5 Å². The van der Waals surface area contributed by atoms with E-state index in [0.29, 0.717) is 6.42 Å². The van der Waals surface area contributed by atoms with Crippen LogP contribution >= 0.6 is 0 Å². The van der Waals surface area contributed by atoms with Gasteiger partial charge in [0.1, 0.15) is 0 Å². The smallest absolute Gasteiger partial charge is 0.0739 e. The largest absolute Gasteiger partial charge is 0.399 e. The molecule has 4 rings (SSSR count). The van der Waals surface area contributed by atoms with Crippen LogP contribution in [0.25, 0.3) is 0 Å². The first-order chi connectivity index (χ1) is 11.7. The van der Waals surface area contributed by atoms with Gasteiger partial charge in [-0.25, -0.2) is 0 Å². The fraction of sp³-hybridized carbons (Fsp3) is 0.400. The Morgan fingerprint density at radius 1 is 0.875 bits per heavy atom. The number of rotatable bonds is 2. The van der Waals surface area contributed by atoms with E-state index >= 15 is 0 Å². The summed E-state index contributed by atoms with van der Waals surface area (Å²) in [6.07, 6.45) is 1.33. The molecule has 2 aliphatic rings. The second kappa shape index (κ2) is 6.46. The van der Waals surface area contributed by atoms with Crippen molar-refractivity contribution in [2.75, 3.05) is 36.8 Å². The third-order valence-electron chi connectivity index (χ3n) is 5.44. The second-order valence-electron chi connectivity index (χ2n) is 6.93. The van der Waals surface area contributed by atoms with Crippen molar-refractivity contribution in [2.45, 2.75) is 25.0 Å². The van der Waals surface area contributed by atoms with Crippen molar-refractivity contribution in [3.8, 4) is 0 Å². The minimum Gasteiger partial charge on any atom is -0.399 e. The van der Waals surface area contributed by atoms with Gasteiger partial charge in [-0.15, -0.1) is 0 Å². The van der Waals surface area contributed by atoms with Crippen LogP contribution < -0.4 is 10.6 Å². The molecule has 1 heterocycles. The van der Waals surface area contributed by atoms with Gasteiger partial charge in [0.05, 0.1) is 6.10 Å². The summed E-state index contributed by atoms with van der Waals surface area (Å²) < 4.78 is 0. The molecule has 1 aliphatic carbocycles. The van der Waals surface area contributed by atoms with E-state index in [4.69, 9.17) is 5.73 Å². The molecule has 1 aliphatic heterocycles. The minimum atomic E-state index is -0.303. The number of aliphatic hydroxyl groups excluding tert-OH is 1. The van der Waals surface area contributed by atoms with Crippen LogP contribution in [-0.2, 0) is 12.8 Å². The van der Waals surface area contributed by atoms with E-state index in [0.717, 1.165) is 38.3 Å². The highest BCUT2D eigenvalue weighted by molar-refractivity contribution is 5.47. The average molecular weight is 323 g/mol. The van der Waals surface area contributed by atoms with Gasteiger partial charge in [-0.2, -0.15) is 0 Å². The Kier molecular flexibility index (Phi) is 4.17. The molecule has 1 saturated heterocycles. The molecule has 4 nitrogen and oxygen atoms in total. The van der Waals surface area contributed by atoms with Crippen LogP contribution in [0.4, 0.5) is 11.4 Å². The fourth-order valence-electron chi connectivity index (χ4n) is 4.08. The Morgan fingerprint density at radius 3 is 2.38 bits per heavy atom. The van der Waals surface area contributed by atoms with Crippen LogP contribution in [0.1, 0.15) is 11.1 Å². The lowest BCUT2D eigenvalue weighted by molar-refractivity contribution is 0.0395. The summed E-state index contributed by atoms with van der Waals surface area (Å²) in [4.78, 5) is 4.89. The predicted molar refractivity (Wildman–Crippen MR) is 98.3 cm³/mol. The number of nitrogens with zero attached hydrogens (tertiary/aromatic N) is 2. The first-order valence-corrected chi connectivity index (χ1v) is 8.80. The zero-order chi connectivity index (χ0) is 16.5. The maximum absolute atomic E-state index is 10.6. The van der Waals surface area contributed by atoms with Gasteiger partial charge in [0.2, 0.25) is 0 Å². The number of piperazine rings is 1. The molecule has 4 heteroatoms.